The minimum absolute atomic E-state index is 0.228. The van der Waals surface area contributed by atoms with E-state index in [0.717, 1.165) is 16.8 Å². The van der Waals surface area contributed by atoms with Crippen molar-refractivity contribution in [2.24, 2.45) is 0 Å². The molecule has 1 heterocycles. The minimum Gasteiger partial charge on any atom is -0.378 e. The summed E-state index contributed by atoms with van der Waals surface area (Å²) in [6, 6.07) is 16.2. The molecule has 0 aliphatic heterocycles. The minimum atomic E-state index is -0.228. The van der Waals surface area contributed by atoms with Crippen LogP contribution >= 0.6 is 0 Å². The van der Waals surface area contributed by atoms with E-state index in [-0.39, 0.29) is 5.82 Å². The van der Waals surface area contributed by atoms with Crippen molar-refractivity contribution in [2.45, 2.75) is 6.54 Å². The Labute approximate surface area is 122 Å². The van der Waals surface area contributed by atoms with E-state index in [1.54, 1.807) is 24.5 Å². The summed E-state index contributed by atoms with van der Waals surface area (Å²) in [6.07, 6.45) is 3.50. The van der Waals surface area contributed by atoms with Gasteiger partial charge in [0.05, 0.1) is 18.1 Å². The molecule has 0 saturated heterocycles. The second kappa shape index (κ2) is 6.13. The quantitative estimate of drug-likeness (QED) is 0.787. The number of aromatic nitrogens is 2. The number of halogens is 1. The molecular formula is C17H14FN3. The lowest BCUT2D eigenvalue weighted by atomic mass is 10.2. The molecule has 104 valence electrons. The Bertz CT molecular complexity index is 694. The number of anilines is 1. The van der Waals surface area contributed by atoms with Crippen molar-refractivity contribution in [3.63, 3.8) is 0 Å². The smallest absolute Gasteiger partial charge is 0.159 e. The average molecular weight is 279 g/mol. The van der Waals surface area contributed by atoms with Gasteiger partial charge in [0.15, 0.2) is 5.82 Å². The summed E-state index contributed by atoms with van der Waals surface area (Å²) >= 11 is 0. The lowest BCUT2D eigenvalue weighted by Gasteiger charge is -2.06. The van der Waals surface area contributed by atoms with Crippen LogP contribution in [-0.2, 0) is 6.54 Å². The van der Waals surface area contributed by atoms with Crippen LogP contribution in [0.1, 0.15) is 5.56 Å². The van der Waals surface area contributed by atoms with E-state index in [1.165, 1.54) is 12.1 Å². The summed E-state index contributed by atoms with van der Waals surface area (Å²) in [5, 5.41) is 3.21. The van der Waals surface area contributed by atoms with Crippen LogP contribution in [0.4, 0.5) is 10.1 Å². The monoisotopic (exact) mass is 279 g/mol. The van der Waals surface area contributed by atoms with Crippen LogP contribution in [0.3, 0.4) is 0 Å². The summed E-state index contributed by atoms with van der Waals surface area (Å²) in [4.78, 5) is 8.68. The topological polar surface area (TPSA) is 37.8 Å². The van der Waals surface area contributed by atoms with Gasteiger partial charge in [-0.1, -0.05) is 42.5 Å². The predicted molar refractivity (Wildman–Crippen MR) is 81.2 cm³/mol. The predicted octanol–water partition coefficient (Wildman–Crippen LogP) is 3.89. The Hall–Kier alpha value is -2.75. The fourth-order valence-corrected chi connectivity index (χ4v) is 1.96. The van der Waals surface area contributed by atoms with Crippen molar-refractivity contribution in [1.29, 1.82) is 0 Å². The SMILES string of the molecule is Fc1ccc(CNc2cnc(-c3ccccc3)nc2)cc1. The molecular weight excluding hydrogens is 265 g/mol. The first kappa shape index (κ1) is 13.2. The Kier molecular flexibility index (Phi) is 3.87. The summed E-state index contributed by atoms with van der Waals surface area (Å²) in [5.74, 6) is 0.470. The molecule has 1 N–H and O–H groups in total. The van der Waals surface area contributed by atoms with E-state index < -0.39 is 0 Å². The van der Waals surface area contributed by atoms with Gasteiger partial charge in [-0.25, -0.2) is 14.4 Å². The molecule has 2 aromatic carbocycles. The number of rotatable bonds is 4. The van der Waals surface area contributed by atoms with Crippen LogP contribution in [0.25, 0.3) is 11.4 Å². The van der Waals surface area contributed by atoms with Crippen LogP contribution in [0.2, 0.25) is 0 Å². The first-order valence-electron chi connectivity index (χ1n) is 6.67. The van der Waals surface area contributed by atoms with Crippen molar-refractivity contribution >= 4 is 5.69 Å². The molecule has 0 amide bonds. The van der Waals surface area contributed by atoms with Crippen LogP contribution < -0.4 is 5.32 Å². The number of benzene rings is 2. The van der Waals surface area contributed by atoms with Crippen LogP contribution in [-0.4, -0.2) is 9.97 Å². The van der Waals surface area contributed by atoms with Crippen molar-refractivity contribution < 1.29 is 4.39 Å². The average Bonchev–Trinajstić information content (AvgIpc) is 2.56. The standard InChI is InChI=1S/C17H14FN3/c18-15-8-6-13(7-9-15)10-19-16-11-20-17(21-12-16)14-4-2-1-3-5-14/h1-9,11-12,19H,10H2. The van der Waals surface area contributed by atoms with Crippen molar-refractivity contribution in [3.05, 3.63) is 78.4 Å². The molecule has 3 aromatic rings. The summed E-state index contributed by atoms with van der Waals surface area (Å²) < 4.78 is 12.8. The molecule has 0 fully saturated rings. The zero-order chi connectivity index (χ0) is 14.5. The van der Waals surface area contributed by atoms with Gasteiger partial charge < -0.3 is 5.32 Å². The number of hydrogen-bond acceptors (Lipinski definition) is 3. The lowest BCUT2D eigenvalue weighted by Crippen LogP contribution is -2.01. The highest BCUT2D eigenvalue weighted by atomic mass is 19.1. The number of nitrogens with zero attached hydrogens (tertiary/aromatic N) is 2. The Morgan fingerprint density at radius 3 is 2.19 bits per heavy atom. The zero-order valence-corrected chi connectivity index (χ0v) is 11.3. The van der Waals surface area contributed by atoms with E-state index in [0.29, 0.717) is 12.4 Å². The molecule has 0 bridgehead atoms. The molecule has 21 heavy (non-hydrogen) atoms. The Morgan fingerprint density at radius 1 is 0.857 bits per heavy atom. The van der Waals surface area contributed by atoms with Gasteiger partial charge in [0, 0.05) is 12.1 Å². The first-order chi connectivity index (χ1) is 10.3. The van der Waals surface area contributed by atoms with Gasteiger partial charge in [-0.05, 0) is 17.7 Å². The van der Waals surface area contributed by atoms with Gasteiger partial charge in [0.2, 0.25) is 0 Å². The molecule has 3 rings (SSSR count). The zero-order valence-electron chi connectivity index (χ0n) is 11.3. The fourth-order valence-electron chi connectivity index (χ4n) is 1.96. The molecule has 4 heteroatoms. The fraction of sp³-hybridized carbons (Fsp3) is 0.0588. The van der Waals surface area contributed by atoms with Gasteiger partial charge in [-0.2, -0.15) is 0 Å². The van der Waals surface area contributed by atoms with Crippen molar-refractivity contribution in [1.82, 2.24) is 9.97 Å². The maximum absolute atomic E-state index is 12.8. The maximum Gasteiger partial charge on any atom is 0.159 e. The van der Waals surface area contributed by atoms with Gasteiger partial charge >= 0.3 is 0 Å². The van der Waals surface area contributed by atoms with E-state index in [4.69, 9.17) is 0 Å². The summed E-state index contributed by atoms with van der Waals surface area (Å²) in [5.41, 5.74) is 2.82. The molecule has 3 nitrogen and oxygen atoms in total. The van der Waals surface area contributed by atoms with E-state index >= 15 is 0 Å². The van der Waals surface area contributed by atoms with Gasteiger partial charge in [-0.15, -0.1) is 0 Å². The Balaban J connectivity index is 1.66. The van der Waals surface area contributed by atoms with Crippen LogP contribution in [0, 0.1) is 5.82 Å². The molecule has 0 aliphatic rings. The Morgan fingerprint density at radius 2 is 1.52 bits per heavy atom. The maximum atomic E-state index is 12.8. The highest BCUT2D eigenvalue weighted by molar-refractivity contribution is 5.55. The third-order valence-electron chi connectivity index (χ3n) is 3.09. The van der Waals surface area contributed by atoms with Gasteiger partial charge in [0.25, 0.3) is 0 Å². The van der Waals surface area contributed by atoms with Crippen molar-refractivity contribution in [3.8, 4) is 11.4 Å². The van der Waals surface area contributed by atoms with Crippen LogP contribution in [0.5, 0.6) is 0 Å². The highest BCUT2D eigenvalue weighted by Crippen LogP contribution is 2.15. The van der Waals surface area contributed by atoms with E-state index in [2.05, 4.69) is 15.3 Å². The number of hydrogen-bond donors (Lipinski definition) is 1. The second-order valence-electron chi connectivity index (χ2n) is 4.64. The number of nitrogens with one attached hydrogen (secondary N) is 1. The summed E-state index contributed by atoms with van der Waals surface area (Å²) in [7, 11) is 0. The van der Waals surface area contributed by atoms with E-state index in [1.807, 2.05) is 30.3 Å². The normalized spacial score (nSPS) is 10.3. The molecule has 0 saturated carbocycles. The molecule has 0 spiro atoms. The van der Waals surface area contributed by atoms with Crippen LogP contribution in [0.15, 0.2) is 67.0 Å². The summed E-state index contributed by atoms with van der Waals surface area (Å²) in [6.45, 7) is 0.605. The largest absolute Gasteiger partial charge is 0.378 e. The molecule has 0 aliphatic carbocycles. The molecule has 0 unspecified atom stereocenters. The lowest BCUT2D eigenvalue weighted by molar-refractivity contribution is 0.627. The second-order valence-corrected chi connectivity index (χ2v) is 4.64. The first-order valence-corrected chi connectivity index (χ1v) is 6.67. The van der Waals surface area contributed by atoms with Gasteiger partial charge in [-0.3, -0.25) is 0 Å². The molecule has 0 radical (unpaired) electrons. The molecule has 1 aromatic heterocycles. The van der Waals surface area contributed by atoms with Crippen molar-refractivity contribution in [2.75, 3.05) is 5.32 Å². The molecule has 0 atom stereocenters. The van der Waals surface area contributed by atoms with E-state index in [9.17, 15) is 4.39 Å². The third-order valence-corrected chi connectivity index (χ3v) is 3.09. The van der Waals surface area contributed by atoms with Gasteiger partial charge in [0.1, 0.15) is 5.82 Å². The highest BCUT2D eigenvalue weighted by Gasteiger charge is 2.00. The third kappa shape index (κ3) is 3.42.